The first kappa shape index (κ1) is 18.1. The summed E-state index contributed by atoms with van der Waals surface area (Å²) in [6.45, 7) is 9.10. The van der Waals surface area contributed by atoms with Crippen LogP contribution in [0.3, 0.4) is 0 Å². The number of carbonyl (C=O) groups is 1. The Bertz CT molecular complexity index is 460. The first-order chi connectivity index (χ1) is 9.81. The second-order valence-electron chi connectivity index (χ2n) is 6.24. The molecule has 0 aromatic heterocycles. The van der Waals surface area contributed by atoms with E-state index in [9.17, 15) is 4.79 Å². The maximum absolute atomic E-state index is 12.7. The molecule has 0 aliphatic carbocycles. The lowest BCUT2D eigenvalue weighted by molar-refractivity contribution is 0.0809. The molecule has 4 heteroatoms. The molecule has 1 aromatic carbocycles. The fourth-order valence-corrected chi connectivity index (χ4v) is 2.48. The molecule has 0 aliphatic heterocycles. The molecule has 1 rings (SSSR count). The molecule has 1 aromatic rings. The lowest BCUT2D eigenvalue weighted by atomic mass is 10.0. The van der Waals surface area contributed by atoms with E-state index < -0.39 is 0 Å². The molecule has 0 radical (unpaired) electrons. The first-order valence-electron chi connectivity index (χ1n) is 7.49. The molecule has 3 nitrogen and oxygen atoms in total. The van der Waals surface area contributed by atoms with Gasteiger partial charge in [-0.05, 0) is 39.1 Å². The van der Waals surface area contributed by atoms with E-state index in [-0.39, 0.29) is 11.8 Å². The van der Waals surface area contributed by atoms with Gasteiger partial charge in [0.15, 0.2) is 5.78 Å². The van der Waals surface area contributed by atoms with Crippen molar-refractivity contribution >= 4 is 17.4 Å². The Labute approximate surface area is 133 Å². The Morgan fingerprint density at radius 1 is 1.19 bits per heavy atom. The van der Waals surface area contributed by atoms with Crippen LogP contribution in [0, 0.1) is 5.92 Å². The number of rotatable bonds is 8. The molecule has 0 heterocycles. The number of halogens is 1. The van der Waals surface area contributed by atoms with E-state index >= 15 is 0 Å². The second kappa shape index (κ2) is 8.52. The Balaban J connectivity index is 2.82. The zero-order valence-corrected chi connectivity index (χ0v) is 14.5. The van der Waals surface area contributed by atoms with Crippen molar-refractivity contribution in [1.82, 2.24) is 9.80 Å². The van der Waals surface area contributed by atoms with Gasteiger partial charge >= 0.3 is 0 Å². The molecule has 0 spiro atoms. The predicted octanol–water partition coefficient (Wildman–Crippen LogP) is 3.43. The SMILES string of the molecule is CC(C)CN(CCN(C)C)C(C)C(=O)c1cccc(Cl)c1. The summed E-state index contributed by atoms with van der Waals surface area (Å²) in [6.07, 6.45) is 0. The van der Waals surface area contributed by atoms with Gasteiger partial charge in [0.2, 0.25) is 0 Å². The first-order valence-corrected chi connectivity index (χ1v) is 7.87. The zero-order valence-electron chi connectivity index (χ0n) is 13.8. The maximum Gasteiger partial charge on any atom is 0.179 e. The third-order valence-electron chi connectivity index (χ3n) is 3.47. The highest BCUT2D eigenvalue weighted by Gasteiger charge is 2.23. The van der Waals surface area contributed by atoms with Crippen LogP contribution in [-0.2, 0) is 0 Å². The molecular weight excluding hydrogens is 284 g/mol. The third kappa shape index (κ3) is 6.16. The molecule has 1 unspecified atom stereocenters. The van der Waals surface area contributed by atoms with Crippen LogP contribution in [0.5, 0.6) is 0 Å². The van der Waals surface area contributed by atoms with Crippen LogP contribution in [0.2, 0.25) is 5.02 Å². The van der Waals surface area contributed by atoms with Gasteiger partial charge < -0.3 is 4.90 Å². The van der Waals surface area contributed by atoms with Crippen LogP contribution in [0.25, 0.3) is 0 Å². The summed E-state index contributed by atoms with van der Waals surface area (Å²) in [5.74, 6) is 0.665. The van der Waals surface area contributed by atoms with Gasteiger partial charge in [-0.2, -0.15) is 0 Å². The molecule has 0 amide bonds. The Morgan fingerprint density at radius 2 is 1.86 bits per heavy atom. The Hall–Kier alpha value is -0.900. The number of nitrogens with zero attached hydrogens (tertiary/aromatic N) is 2. The highest BCUT2D eigenvalue weighted by atomic mass is 35.5. The predicted molar refractivity (Wildman–Crippen MR) is 90.2 cm³/mol. The summed E-state index contributed by atoms with van der Waals surface area (Å²) >= 11 is 5.99. The minimum Gasteiger partial charge on any atom is -0.308 e. The van der Waals surface area contributed by atoms with E-state index in [1.54, 1.807) is 12.1 Å². The molecule has 1 atom stereocenters. The van der Waals surface area contributed by atoms with Crippen molar-refractivity contribution in [3.05, 3.63) is 34.9 Å². The average molecular weight is 311 g/mol. The van der Waals surface area contributed by atoms with Gasteiger partial charge in [-0.1, -0.05) is 37.6 Å². The summed E-state index contributed by atoms with van der Waals surface area (Å²) in [6, 6.07) is 7.07. The van der Waals surface area contributed by atoms with E-state index in [2.05, 4.69) is 37.7 Å². The zero-order chi connectivity index (χ0) is 16.0. The molecule has 0 bridgehead atoms. The molecule has 118 valence electrons. The molecule has 0 aliphatic rings. The monoisotopic (exact) mass is 310 g/mol. The van der Waals surface area contributed by atoms with E-state index in [1.165, 1.54) is 0 Å². The summed E-state index contributed by atoms with van der Waals surface area (Å²) in [5, 5.41) is 0.608. The smallest absolute Gasteiger partial charge is 0.179 e. The van der Waals surface area contributed by atoms with Gasteiger partial charge in [-0.15, -0.1) is 0 Å². The maximum atomic E-state index is 12.7. The third-order valence-corrected chi connectivity index (χ3v) is 3.71. The van der Waals surface area contributed by atoms with Crippen LogP contribution in [0.15, 0.2) is 24.3 Å². The van der Waals surface area contributed by atoms with Crippen molar-refractivity contribution in [1.29, 1.82) is 0 Å². The highest BCUT2D eigenvalue weighted by Crippen LogP contribution is 2.15. The van der Waals surface area contributed by atoms with E-state index in [0.29, 0.717) is 16.5 Å². The molecule has 0 saturated carbocycles. The Morgan fingerprint density at radius 3 is 2.38 bits per heavy atom. The van der Waals surface area contributed by atoms with Gasteiger partial charge in [-0.3, -0.25) is 9.69 Å². The number of likely N-dealkylation sites (N-methyl/N-ethyl adjacent to an activating group) is 1. The largest absolute Gasteiger partial charge is 0.308 e. The topological polar surface area (TPSA) is 23.6 Å². The molecule has 0 saturated heterocycles. The van der Waals surface area contributed by atoms with E-state index in [1.807, 2.05) is 19.1 Å². The molecule has 0 fully saturated rings. The van der Waals surface area contributed by atoms with Crippen molar-refractivity contribution in [2.24, 2.45) is 5.92 Å². The summed E-state index contributed by atoms with van der Waals surface area (Å²) < 4.78 is 0. The minimum atomic E-state index is -0.134. The van der Waals surface area contributed by atoms with Gasteiger partial charge in [0.05, 0.1) is 6.04 Å². The molecule has 0 N–H and O–H groups in total. The standard InChI is InChI=1S/C17H27ClN2O/c1-13(2)12-20(10-9-19(4)5)14(3)17(21)15-7-6-8-16(18)11-15/h6-8,11,13-14H,9-10,12H2,1-5H3. The van der Waals surface area contributed by atoms with Crippen molar-refractivity contribution in [2.75, 3.05) is 33.7 Å². The Kier molecular flexibility index (Phi) is 7.36. The van der Waals surface area contributed by atoms with E-state index in [0.717, 1.165) is 19.6 Å². The van der Waals surface area contributed by atoms with Crippen LogP contribution >= 0.6 is 11.6 Å². The quantitative estimate of drug-likeness (QED) is 0.687. The summed E-state index contributed by atoms with van der Waals surface area (Å²) in [7, 11) is 4.11. The lowest BCUT2D eigenvalue weighted by Crippen LogP contribution is -2.44. The van der Waals surface area contributed by atoms with Crippen LogP contribution in [-0.4, -0.2) is 55.4 Å². The van der Waals surface area contributed by atoms with Gasteiger partial charge in [-0.25, -0.2) is 0 Å². The van der Waals surface area contributed by atoms with E-state index in [4.69, 9.17) is 11.6 Å². The van der Waals surface area contributed by atoms with Crippen LogP contribution in [0.4, 0.5) is 0 Å². The number of Topliss-reactive ketones (excluding diaryl/α,β-unsaturated/α-hetero) is 1. The van der Waals surface area contributed by atoms with Gasteiger partial charge in [0.1, 0.15) is 0 Å². The lowest BCUT2D eigenvalue weighted by Gasteiger charge is -2.30. The summed E-state index contributed by atoms with van der Waals surface area (Å²) in [5.41, 5.74) is 0.689. The highest BCUT2D eigenvalue weighted by molar-refractivity contribution is 6.31. The van der Waals surface area contributed by atoms with Crippen molar-refractivity contribution in [2.45, 2.75) is 26.8 Å². The number of hydrogen-bond acceptors (Lipinski definition) is 3. The average Bonchev–Trinajstić information content (AvgIpc) is 2.41. The summed E-state index contributed by atoms with van der Waals surface area (Å²) in [4.78, 5) is 17.1. The second-order valence-corrected chi connectivity index (χ2v) is 6.68. The minimum absolute atomic E-state index is 0.134. The van der Waals surface area contributed by atoms with Gasteiger partial charge in [0.25, 0.3) is 0 Å². The van der Waals surface area contributed by atoms with Crippen molar-refractivity contribution in [3.63, 3.8) is 0 Å². The number of benzene rings is 1. The van der Waals surface area contributed by atoms with Crippen molar-refractivity contribution in [3.8, 4) is 0 Å². The van der Waals surface area contributed by atoms with Crippen molar-refractivity contribution < 1.29 is 4.79 Å². The fraction of sp³-hybridized carbons (Fsp3) is 0.588. The normalized spacial score (nSPS) is 13.2. The van der Waals surface area contributed by atoms with Gasteiger partial charge in [0, 0.05) is 30.2 Å². The fourth-order valence-electron chi connectivity index (χ4n) is 2.29. The number of ketones is 1. The van der Waals surface area contributed by atoms with Crippen LogP contribution < -0.4 is 0 Å². The van der Waals surface area contributed by atoms with Crippen LogP contribution in [0.1, 0.15) is 31.1 Å². The number of carbonyl (C=O) groups excluding carboxylic acids is 1. The molecular formula is C17H27ClN2O. The number of hydrogen-bond donors (Lipinski definition) is 0. The molecule has 21 heavy (non-hydrogen) atoms.